The molecule has 1 saturated carbocycles. The Kier molecular flexibility index (Phi) is 6.22. The molecule has 0 saturated heterocycles. The smallest absolute Gasteiger partial charge is 0.273 e. The number of nitrogens with one attached hydrogen (secondary N) is 1. The van der Waals surface area contributed by atoms with Crippen LogP contribution in [0.4, 0.5) is 0 Å². The molecule has 2 aromatic heterocycles. The maximum Gasteiger partial charge on any atom is 0.273 e. The van der Waals surface area contributed by atoms with E-state index in [0.29, 0.717) is 5.69 Å². The first-order chi connectivity index (χ1) is 16.1. The Morgan fingerprint density at radius 3 is 2.79 bits per heavy atom. The molecule has 3 aromatic rings. The second kappa shape index (κ2) is 9.43. The van der Waals surface area contributed by atoms with Crippen molar-refractivity contribution in [2.24, 2.45) is 5.92 Å². The number of carbonyl (C=O) groups is 1. The van der Waals surface area contributed by atoms with Crippen LogP contribution in [0.25, 0.3) is 5.69 Å². The Balaban J connectivity index is 1.32. The molecule has 0 radical (unpaired) electrons. The number of rotatable bonds is 5. The molecular formula is C26H32N6O. The molecule has 1 amide bonds. The van der Waals surface area contributed by atoms with Crippen LogP contribution in [0, 0.1) is 12.8 Å². The van der Waals surface area contributed by atoms with Gasteiger partial charge in [-0.25, -0.2) is 4.68 Å². The van der Waals surface area contributed by atoms with Gasteiger partial charge in [-0.15, -0.1) is 5.10 Å². The van der Waals surface area contributed by atoms with Gasteiger partial charge in [0.1, 0.15) is 0 Å². The predicted octanol–water partition coefficient (Wildman–Crippen LogP) is 3.84. The monoisotopic (exact) mass is 444 g/mol. The van der Waals surface area contributed by atoms with Gasteiger partial charge in [0.2, 0.25) is 0 Å². The molecule has 0 bridgehead atoms. The lowest BCUT2D eigenvalue weighted by molar-refractivity contribution is 0.0917. The van der Waals surface area contributed by atoms with Crippen molar-refractivity contribution in [2.75, 3.05) is 6.54 Å². The molecule has 7 nitrogen and oxygen atoms in total. The van der Waals surface area contributed by atoms with Crippen molar-refractivity contribution in [1.29, 1.82) is 0 Å². The van der Waals surface area contributed by atoms with Crippen molar-refractivity contribution in [2.45, 2.75) is 65.1 Å². The summed E-state index contributed by atoms with van der Waals surface area (Å²) < 4.78 is 1.84. The zero-order valence-corrected chi connectivity index (χ0v) is 19.5. The highest BCUT2D eigenvalue weighted by Crippen LogP contribution is 2.27. The summed E-state index contributed by atoms with van der Waals surface area (Å²) in [5.74, 6) is 0.649. The Labute approximate surface area is 195 Å². The molecule has 0 spiro atoms. The maximum atomic E-state index is 12.9. The zero-order chi connectivity index (χ0) is 22.8. The molecular weight excluding hydrogens is 412 g/mol. The van der Waals surface area contributed by atoms with Crippen molar-refractivity contribution in [3.05, 3.63) is 70.8 Å². The molecule has 1 fully saturated rings. The van der Waals surface area contributed by atoms with Crippen LogP contribution in [0.15, 0.2) is 42.7 Å². The van der Waals surface area contributed by atoms with Gasteiger partial charge >= 0.3 is 0 Å². The first-order valence-corrected chi connectivity index (χ1v) is 12.0. The summed E-state index contributed by atoms with van der Waals surface area (Å²) in [5.41, 5.74) is 6.08. The zero-order valence-electron chi connectivity index (χ0n) is 19.5. The lowest BCUT2D eigenvalue weighted by atomic mass is 9.87. The van der Waals surface area contributed by atoms with Crippen LogP contribution in [0.3, 0.4) is 0 Å². The minimum atomic E-state index is -0.106. The number of benzene rings is 1. The van der Waals surface area contributed by atoms with Gasteiger partial charge in [0.15, 0.2) is 5.69 Å². The van der Waals surface area contributed by atoms with Gasteiger partial charge in [-0.1, -0.05) is 30.3 Å². The van der Waals surface area contributed by atoms with Gasteiger partial charge in [-0.3, -0.25) is 14.7 Å². The average molecular weight is 445 g/mol. The highest BCUT2D eigenvalue weighted by Gasteiger charge is 2.25. The standard InChI is InChI=1S/C26H32N6O/c1-18-8-10-22(11-9-18)28-26(33)25-19(2)32(30-29-25)24-7-3-6-21-17-31(14-12-23(21)24)16-20-5-4-13-27-15-20/h3-7,13,15,18,22H,8-12,14,16-17H2,1-2H3,(H,28,33). The molecule has 3 heterocycles. The van der Waals surface area contributed by atoms with Gasteiger partial charge in [0.05, 0.1) is 11.4 Å². The van der Waals surface area contributed by atoms with Crippen LogP contribution < -0.4 is 5.32 Å². The molecule has 172 valence electrons. The van der Waals surface area contributed by atoms with Crippen molar-refractivity contribution in [1.82, 2.24) is 30.2 Å². The molecule has 0 atom stereocenters. The van der Waals surface area contributed by atoms with Crippen LogP contribution in [0.1, 0.15) is 65.5 Å². The lowest BCUT2D eigenvalue weighted by Gasteiger charge is -2.30. The third-order valence-electron chi connectivity index (χ3n) is 7.14. The normalized spacial score (nSPS) is 20.9. The summed E-state index contributed by atoms with van der Waals surface area (Å²) in [6.07, 6.45) is 9.11. The van der Waals surface area contributed by atoms with E-state index in [9.17, 15) is 4.79 Å². The van der Waals surface area contributed by atoms with E-state index in [1.807, 2.05) is 30.1 Å². The molecule has 7 heteroatoms. The highest BCUT2D eigenvalue weighted by molar-refractivity contribution is 5.93. The van der Waals surface area contributed by atoms with E-state index in [1.165, 1.54) is 29.5 Å². The maximum absolute atomic E-state index is 12.9. The van der Waals surface area contributed by atoms with Crippen molar-refractivity contribution in [3.63, 3.8) is 0 Å². The van der Waals surface area contributed by atoms with Crippen LogP contribution in [-0.4, -0.2) is 43.4 Å². The van der Waals surface area contributed by atoms with Gasteiger partial charge < -0.3 is 5.32 Å². The third-order valence-corrected chi connectivity index (χ3v) is 7.14. The molecule has 33 heavy (non-hydrogen) atoms. The third kappa shape index (κ3) is 4.69. The first kappa shape index (κ1) is 21.8. The molecule has 2 aliphatic rings. The second-order valence-electron chi connectivity index (χ2n) is 9.60. The Hall–Kier alpha value is -3.06. The summed E-state index contributed by atoms with van der Waals surface area (Å²) in [7, 11) is 0. The van der Waals surface area contributed by atoms with Gasteiger partial charge in [0.25, 0.3) is 5.91 Å². The van der Waals surface area contributed by atoms with Crippen LogP contribution in [-0.2, 0) is 19.5 Å². The fourth-order valence-corrected chi connectivity index (χ4v) is 5.16. The minimum Gasteiger partial charge on any atom is -0.348 e. The number of aromatic nitrogens is 4. The van der Waals surface area contributed by atoms with E-state index < -0.39 is 0 Å². The van der Waals surface area contributed by atoms with E-state index in [4.69, 9.17) is 0 Å². The highest BCUT2D eigenvalue weighted by atomic mass is 16.2. The lowest BCUT2D eigenvalue weighted by Crippen LogP contribution is -2.37. The molecule has 1 aliphatic heterocycles. The minimum absolute atomic E-state index is 0.106. The Morgan fingerprint density at radius 1 is 1.15 bits per heavy atom. The van der Waals surface area contributed by atoms with E-state index >= 15 is 0 Å². The predicted molar refractivity (Wildman–Crippen MR) is 127 cm³/mol. The number of pyridine rings is 1. The van der Waals surface area contributed by atoms with E-state index in [0.717, 1.165) is 56.2 Å². The van der Waals surface area contributed by atoms with Gasteiger partial charge in [0, 0.05) is 38.1 Å². The van der Waals surface area contributed by atoms with Gasteiger partial charge in [-0.2, -0.15) is 0 Å². The van der Waals surface area contributed by atoms with Crippen molar-refractivity contribution in [3.8, 4) is 5.69 Å². The van der Waals surface area contributed by atoms with E-state index in [-0.39, 0.29) is 11.9 Å². The number of amides is 1. The largest absolute Gasteiger partial charge is 0.348 e. The van der Waals surface area contributed by atoms with E-state index in [2.05, 4.69) is 56.7 Å². The quantitative estimate of drug-likeness (QED) is 0.647. The second-order valence-corrected chi connectivity index (χ2v) is 9.60. The van der Waals surface area contributed by atoms with Crippen LogP contribution >= 0.6 is 0 Å². The van der Waals surface area contributed by atoms with E-state index in [1.54, 1.807) is 0 Å². The van der Waals surface area contributed by atoms with Gasteiger partial charge in [-0.05, 0) is 73.8 Å². The fourth-order valence-electron chi connectivity index (χ4n) is 5.16. The Morgan fingerprint density at radius 2 is 2.00 bits per heavy atom. The topological polar surface area (TPSA) is 75.9 Å². The summed E-state index contributed by atoms with van der Waals surface area (Å²) in [4.78, 5) is 19.6. The molecule has 5 rings (SSSR count). The SMILES string of the molecule is Cc1c(C(=O)NC2CCC(C)CC2)nnn1-c1cccc2c1CCN(Cc1cccnc1)C2. The Bertz CT molecular complexity index is 1120. The average Bonchev–Trinajstić information content (AvgIpc) is 3.22. The number of carbonyl (C=O) groups excluding carboxylic acids is 1. The number of hydrogen-bond acceptors (Lipinski definition) is 5. The number of hydrogen-bond donors (Lipinski definition) is 1. The van der Waals surface area contributed by atoms with Crippen LogP contribution in [0.5, 0.6) is 0 Å². The summed E-state index contributed by atoms with van der Waals surface area (Å²) in [5, 5.41) is 11.9. The number of nitrogens with zero attached hydrogens (tertiary/aromatic N) is 5. The molecule has 0 unspecified atom stereocenters. The number of fused-ring (bicyclic) bond motifs is 1. The summed E-state index contributed by atoms with van der Waals surface area (Å²) in [6, 6.07) is 10.7. The molecule has 1 aromatic carbocycles. The first-order valence-electron chi connectivity index (χ1n) is 12.0. The van der Waals surface area contributed by atoms with Crippen molar-refractivity contribution >= 4 is 5.91 Å². The summed E-state index contributed by atoms with van der Waals surface area (Å²) in [6.45, 7) is 6.98. The molecule has 1 aliphatic carbocycles. The van der Waals surface area contributed by atoms with Crippen LogP contribution in [0.2, 0.25) is 0 Å². The van der Waals surface area contributed by atoms with Crippen molar-refractivity contribution < 1.29 is 4.79 Å². The molecule has 1 N–H and O–H groups in total. The fraction of sp³-hybridized carbons (Fsp3) is 0.462. The summed E-state index contributed by atoms with van der Waals surface area (Å²) >= 11 is 0.